The second-order valence-corrected chi connectivity index (χ2v) is 8.06. The molecule has 2 N–H and O–H groups in total. The van der Waals surface area contributed by atoms with Crippen LogP contribution in [-0.4, -0.2) is 41.0 Å². The number of carbonyl (C=O) groups is 2. The van der Waals surface area contributed by atoms with Gasteiger partial charge in [-0.1, -0.05) is 48.5 Å². The molecular weight excluding hydrogens is 371 g/mol. The van der Waals surface area contributed by atoms with Gasteiger partial charge in [0.15, 0.2) is 0 Å². The van der Waals surface area contributed by atoms with Crippen LogP contribution in [0.15, 0.2) is 54.6 Å². The third-order valence-electron chi connectivity index (χ3n) is 6.28. The van der Waals surface area contributed by atoms with E-state index in [-0.39, 0.29) is 24.1 Å². The Bertz CT molecular complexity index is 894. The lowest BCUT2D eigenvalue weighted by atomic mass is 9.69. The number of nitrogens with zero attached hydrogens (tertiary/aromatic N) is 1. The van der Waals surface area contributed by atoms with Crippen molar-refractivity contribution in [3.8, 4) is 0 Å². The van der Waals surface area contributed by atoms with Gasteiger partial charge in [0, 0.05) is 13.1 Å². The van der Waals surface area contributed by atoms with Gasteiger partial charge in [-0.3, -0.25) is 9.59 Å². The Kier molecular flexibility index (Phi) is 5.37. The summed E-state index contributed by atoms with van der Waals surface area (Å²) in [6.45, 7) is 0.868. The molecule has 29 heavy (non-hydrogen) atoms. The number of benzene rings is 2. The second-order valence-electron chi connectivity index (χ2n) is 8.06. The van der Waals surface area contributed by atoms with E-state index in [2.05, 4.69) is 5.32 Å². The minimum atomic E-state index is -0.671. The van der Waals surface area contributed by atoms with Crippen molar-refractivity contribution < 1.29 is 19.1 Å². The lowest BCUT2D eigenvalue weighted by molar-refractivity contribution is -0.148. The van der Waals surface area contributed by atoms with Gasteiger partial charge in [0.1, 0.15) is 5.82 Å². The van der Waals surface area contributed by atoms with Crippen molar-refractivity contribution >= 4 is 11.8 Å². The van der Waals surface area contributed by atoms with Crippen LogP contribution in [0.3, 0.4) is 0 Å². The van der Waals surface area contributed by atoms with E-state index in [0.29, 0.717) is 37.9 Å². The minimum absolute atomic E-state index is 0.0184. The van der Waals surface area contributed by atoms with E-state index in [1.54, 1.807) is 23.1 Å². The zero-order valence-corrected chi connectivity index (χ0v) is 16.2. The molecule has 0 aromatic heterocycles. The van der Waals surface area contributed by atoms with Crippen LogP contribution in [-0.2, 0) is 16.0 Å². The van der Waals surface area contributed by atoms with E-state index >= 15 is 0 Å². The number of likely N-dealkylation sites (tertiary alicyclic amines) is 1. The Morgan fingerprint density at radius 3 is 2.45 bits per heavy atom. The topological polar surface area (TPSA) is 69.6 Å². The number of carbonyl (C=O) groups excluding carboxylic acids is 2. The molecule has 2 atom stereocenters. The van der Waals surface area contributed by atoms with Crippen LogP contribution in [0.5, 0.6) is 0 Å². The van der Waals surface area contributed by atoms with Crippen LogP contribution >= 0.6 is 0 Å². The Labute approximate surface area is 169 Å². The van der Waals surface area contributed by atoms with Gasteiger partial charge in [-0.2, -0.15) is 0 Å². The van der Waals surface area contributed by atoms with Crippen molar-refractivity contribution in [3.63, 3.8) is 0 Å². The van der Waals surface area contributed by atoms with E-state index in [1.165, 1.54) is 6.07 Å². The lowest BCUT2D eigenvalue weighted by Gasteiger charge is -2.46. The fourth-order valence-electron chi connectivity index (χ4n) is 4.50. The van der Waals surface area contributed by atoms with Crippen LogP contribution in [0.1, 0.15) is 36.4 Å². The normalized spacial score (nSPS) is 23.7. The number of hydrogen-bond acceptors (Lipinski definition) is 3. The summed E-state index contributed by atoms with van der Waals surface area (Å²) in [4.78, 5) is 27.2. The second kappa shape index (κ2) is 7.95. The molecule has 2 aromatic rings. The first kappa shape index (κ1) is 19.6. The predicted octanol–water partition coefficient (Wildman–Crippen LogP) is 2.60. The number of nitrogens with one attached hydrogen (secondary N) is 1. The molecule has 0 aliphatic carbocycles. The molecule has 2 saturated heterocycles. The van der Waals surface area contributed by atoms with Crippen LogP contribution in [0, 0.1) is 11.2 Å². The van der Waals surface area contributed by atoms with Crippen LogP contribution in [0.25, 0.3) is 0 Å². The lowest BCUT2D eigenvalue weighted by Crippen LogP contribution is -2.57. The van der Waals surface area contributed by atoms with Gasteiger partial charge < -0.3 is 15.3 Å². The van der Waals surface area contributed by atoms with Crippen molar-refractivity contribution in [2.45, 2.75) is 37.8 Å². The highest BCUT2D eigenvalue weighted by Crippen LogP contribution is 2.42. The molecule has 2 aromatic carbocycles. The quantitative estimate of drug-likeness (QED) is 0.838. The van der Waals surface area contributed by atoms with E-state index in [0.717, 1.165) is 5.56 Å². The number of rotatable bonds is 3. The van der Waals surface area contributed by atoms with Gasteiger partial charge in [0.25, 0.3) is 0 Å². The molecule has 5 nitrogen and oxygen atoms in total. The number of amides is 2. The maximum Gasteiger partial charge on any atom is 0.227 e. The van der Waals surface area contributed by atoms with Crippen LogP contribution in [0.4, 0.5) is 4.39 Å². The number of aliphatic hydroxyl groups excluding tert-OH is 1. The Morgan fingerprint density at radius 2 is 1.76 bits per heavy atom. The SMILES string of the molecule is O=C(Cc1ccccc1F)N1CCC2(CC1)C[C@@H](O)[C@H](c1ccccc1)NC2=O. The highest BCUT2D eigenvalue weighted by Gasteiger charge is 2.49. The third-order valence-corrected chi connectivity index (χ3v) is 6.28. The summed E-state index contributed by atoms with van der Waals surface area (Å²) in [5.74, 6) is -0.571. The highest BCUT2D eigenvalue weighted by molar-refractivity contribution is 5.85. The number of halogens is 1. The molecular formula is C23H25FN2O3. The predicted molar refractivity (Wildman–Crippen MR) is 106 cm³/mol. The van der Waals surface area contributed by atoms with Crippen molar-refractivity contribution in [1.82, 2.24) is 10.2 Å². The van der Waals surface area contributed by atoms with E-state index < -0.39 is 17.6 Å². The van der Waals surface area contributed by atoms with Gasteiger partial charge in [-0.05, 0) is 36.5 Å². The first-order valence-corrected chi connectivity index (χ1v) is 10.0. The maximum absolute atomic E-state index is 13.8. The molecule has 1 spiro atoms. The molecule has 4 rings (SSSR count). The van der Waals surface area contributed by atoms with Crippen molar-refractivity contribution in [1.29, 1.82) is 0 Å². The summed E-state index contributed by atoms with van der Waals surface area (Å²) in [5.41, 5.74) is 0.620. The molecule has 152 valence electrons. The summed E-state index contributed by atoms with van der Waals surface area (Å²) in [6.07, 6.45) is 0.731. The van der Waals surface area contributed by atoms with Gasteiger partial charge in [0.05, 0.1) is 24.0 Å². The van der Waals surface area contributed by atoms with Gasteiger partial charge >= 0.3 is 0 Å². The fraction of sp³-hybridized carbons (Fsp3) is 0.391. The molecule has 0 bridgehead atoms. The molecule has 0 radical (unpaired) electrons. The molecule has 2 heterocycles. The van der Waals surface area contributed by atoms with Gasteiger partial charge in [-0.15, -0.1) is 0 Å². The summed E-state index contributed by atoms with van der Waals surface area (Å²) >= 11 is 0. The molecule has 0 unspecified atom stereocenters. The molecule has 0 saturated carbocycles. The Hall–Kier alpha value is -2.73. The molecule has 2 aliphatic heterocycles. The summed E-state index contributed by atoms with van der Waals surface area (Å²) in [6, 6.07) is 15.4. The Balaban J connectivity index is 1.39. The Morgan fingerprint density at radius 1 is 1.10 bits per heavy atom. The van der Waals surface area contributed by atoms with Crippen LogP contribution in [0.2, 0.25) is 0 Å². The van der Waals surface area contributed by atoms with Crippen molar-refractivity contribution in [2.75, 3.05) is 13.1 Å². The highest BCUT2D eigenvalue weighted by atomic mass is 19.1. The fourth-order valence-corrected chi connectivity index (χ4v) is 4.50. The van der Waals surface area contributed by atoms with Gasteiger partial charge in [0.2, 0.25) is 11.8 Å². The molecule has 6 heteroatoms. The smallest absolute Gasteiger partial charge is 0.227 e. The van der Waals surface area contributed by atoms with E-state index in [9.17, 15) is 19.1 Å². The maximum atomic E-state index is 13.8. The monoisotopic (exact) mass is 396 g/mol. The standard InChI is InChI=1S/C23H25FN2O3/c24-18-9-5-4-8-17(18)14-20(28)26-12-10-23(11-13-26)15-19(27)21(25-22(23)29)16-6-2-1-3-7-16/h1-9,19,21,27H,10-15H2,(H,25,29)/t19-,21+/m1/s1. The largest absolute Gasteiger partial charge is 0.391 e. The van der Waals surface area contributed by atoms with E-state index in [4.69, 9.17) is 0 Å². The van der Waals surface area contributed by atoms with Crippen LogP contribution < -0.4 is 5.32 Å². The number of aliphatic hydroxyl groups is 1. The summed E-state index contributed by atoms with van der Waals surface area (Å²) in [5, 5.41) is 13.7. The first-order chi connectivity index (χ1) is 14.0. The number of piperidine rings is 2. The van der Waals surface area contributed by atoms with Gasteiger partial charge in [-0.25, -0.2) is 4.39 Å². The first-order valence-electron chi connectivity index (χ1n) is 10.0. The summed E-state index contributed by atoms with van der Waals surface area (Å²) < 4.78 is 13.8. The zero-order chi connectivity index (χ0) is 20.4. The van der Waals surface area contributed by atoms with Crippen molar-refractivity contribution in [3.05, 3.63) is 71.5 Å². The van der Waals surface area contributed by atoms with E-state index in [1.807, 2.05) is 30.3 Å². The average molecular weight is 396 g/mol. The zero-order valence-electron chi connectivity index (χ0n) is 16.2. The average Bonchev–Trinajstić information content (AvgIpc) is 2.73. The number of hydrogen-bond donors (Lipinski definition) is 2. The molecule has 2 aliphatic rings. The third kappa shape index (κ3) is 3.90. The van der Waals surface area contributed by atoms with Crippen molar-refractivity contribution in [2.24, 2.45) is 5.41 Å². The molecule has 2 amide bonds. The minimum Gasteiger partial charge on any atom is -0.391 e. The summed E-state index contributed by atoms with van der Waals surface area (Å²) in [7, 11) is 0. The molecule has 2 fully saturated rings.